The van der Waals surface area contributed by atoms with Gasteiger partial charge in [-0.05, 0) is 31.5 Å². The molecule has 0 unspecified atom stereocenters. The van der Waals surface area contributed by atoms with E-state index in [1.807, 2.05) is 13.0 Å². The van der Waals surface area contributed by atoms with Gasteiger partial charge in [0.2, 0.25) is 0 Å². The number of likely N-dealkylation sites (N-methyl/N-ethyl adjacent to an activating group) is 1. The smallest absolute Gasteiger partial charge is 0.187 e. The number of benzene rings is 1. The molecular weight excluding hydrogens is 368 g/mol. The zero-order chi connectivity index (χ0) is 19.3. The number of anilines is 2. The molecule has 1 N–H and O–H groups in total. The molecule has 2 aromatic heterocycles. The van der Waals surface area contributed by atoms with E-state index >= 15 is 0 Å². The summed E-state index contributed by atoms with van der Waals surface area (Å²) in [4.78, 5) is 11.2. The highest BCUT2D eigenvalue weighted by Gasteiger charge is 2.11. The van der Waals surface area contributed by atoms with E-state index in [1.54, 1.807) is 23.7 Å². The van der Waals surface area contributed by atoms with Gasteiger partial charge in [0, 0.05) is 36.3 Å². The van der Waals surface area contributed by atoms with Gasteiger partial charge < -0.3 is 15.0 Å². The van der Waals surface area contributed by atoms with E-state index in [0.29, 0.717) is 6.61 Å². The van der Waals surface area contributed by atoms with Gasteiger partial charge in [0.25, 0.3) is 0 Å². The van der Waals surface area contributed by atoms with E-state index in [0.717, 1.165) is 47.3 Å². The Morgan fingerprint density at radius 1 is 1.18 bits per heavy atom. The Kier molecular flexibility index (Phi) is 5.69. The molecule has 1 aliphatic heterocycles. The summed E-state index contributed by atoms with van der Waals surface area (Å²) < 4.78 is 5.64. The van der Waals surface area contributed by atoms with Crippen LogP contribution in [-0.4, -0.2) is 41.6 Å². The molecule has 0 atom stereocenters. The molecule has 0 spiro atoms. The van der Waals surface area contributed by atoms with Gasteiger partial charge in [-0.1, -0.05) is 30.3 Å². The van der Waals surface area contributed by atoms with Crippen LogP contribution < -0.4 is 10.1 Å². The van der Waals surface area contributed by atoms with Crippen molar-refractivity contribution in [1.29, 1.82) is 0 Å². The van der Waals surface area contributed by atoms with Crippen LogP contribution in [0.2, 0.25) is 0 Å². The average Bonchev–Trinajstić information content (AvgIpc) is 3.19. The highest BCUT2D eigenvalue weighted by molar-refractivity contribution is 7.14. The van der Waals surface area contributed by atoms with Crippen molar-refractivity contribution in [2.75, 3.05) is 32.1 Å². The number of hydrogen-bond acceptors (Lipinski definition) is 6. The number of hydrogen-bond donors (Lipinski definition) is 1. The van der Waals surface area contributed by atoms with Crippen molar-refractivity contribution in [2.45, 2.75) is 13.3 Å². The Morgan fingerprint density at radius 3 is 2.75 bits per heavy atom. The lowest BCUT2D eigenvalue weighted by molar-refractivity contribution is 0.341. The van der Waals surface area contributed by atoms with E-state index in [4.69, 9.17) is 9.72 Å². The lowest BCUT2D eigenvalue weighted by Gasteiger charge is -2.22. The maximum Gasteiger partial charge on any atom is 0.187 e. The number of nitrogens with zero attached hydrogens (tertiary/aromatic N) is 3. The minimum absolute atomic E-state index is 0.612. The van der Waals surface area contributed by atoms with Gasteiger partial charge in [-0.2, -0.15) is 0 Å². The fraction of sp³-hybridized carbons (Fsp3) is 0.273. The third-order valence-electron chi connectivity index (χ3n) is 4.79. The molecule has 5 nitrogen and oxygen atoms in total. The first-order valence-electron chi connectivity index (χ1n) is 9.50. The number of pyridine rings is 1. The first kappa shape index (κ1) is 18.7. The molecule has 3 heterocycles. The summed E-state index contributed by atoms with van der Waals surface area (Å²) in [5.41, 5.74) is 5.67. The van der Waals surface area contributed by atoms with Gasteiger partial charge in [-0.25, -0.2) is 4.98 Å². The molecular formula is C22H24N4OS. The Hall–Kier alpha value is -2.70. The predicted molar refractivity (Wildman–Crippen MR) is 116 cm³/mol. The first-order chi connectivity index (χ1) is 13.7. The van der Waals surface area contributed by atoms with Gasteiger partial charge in [-0.3, -0.25) is 4.98 Å². The van der Waals surface area contributed by atoms with E-state index in [2.05, 4.69) is 58.0 Å². The zero-order valence-electron chi connectivity index (χ0n) is 16.2. The highest BCUT2D eigenvalue weighted by atomic mass is 32.1. The predicted octanol–water partition coefficient (Wildman–Crippen LogP) is 5.07. The van der Waals surface area contributed by atoms with Crippen molar-refractivity contribution < 1.29 is 4.74 Å². The molecule has 28 heavy (non-hydrogen) atoms. The largest absolute Gasteiger partial charge is 0.492 e. The van der Waals surface area contributed by atoms with Crippen molar-refractivity contribution in [3.8, 4) is 17.0 Å². The molecule has 1 aliphatic rings. The van der Waals surface area contributed by atoms with Crippen molar-refractivity contribution in [3.05, 3.63) is 59.7 Å². The molecule has 0 bridgehead atoms. The quantitative estimate of drug-likeness (QED) is 0.635. The van der Waals surface area contributed by atoms with Crippen LogP contribution in [0.5, 0.6) is 5.75 Å². The number of aromatic nitrogens is 2. The SMILES string of the molecule is CCOc1ccncc1Nc1nc(-c2ccc(C3=CCN(C)CC3)cc2)cs1. The third-order valence-corrected chi connectivity index (χ3v) is 5.55. The summed E-state index contributed by atoms with van der Waals surface area (Å²) in [5.74, 6) is 0.782. The fourth-order valence-electron chi connectivity index (χ4n) is 3.22. The monoisotopic (exact) mass is 392 g/mol. The Labute approximate surface area is 169 Å². The van der Waals surface area contributed by atoms with Gasteiger partial charge in [-0.15, -0.1) is 11.3 Å². The second-order valence-electron chi connectivity index (χ2n) is 6.79. The summed E-state index contributed by atoms with van der Waals surface area (Å²) in [7, 11) is 2.16. The second-order valence-corrected chi connectivity index (χ2v) is 7.64. The first-order valence-corrected chi connectivity index (χ1v) is 10.4. The van der Waals surface area contributed by atoms with Crippen molar-refractivity contribution in [3.63, 3.8) is 0 Å². The van der Waals surface area contributed by atoms with Gasteiger partial charge in [0.1, 0.15) is 11.4 Å². The fourth-order valence-corrected chi connectivity index (χ4v) is 3.96. The molecule has 0 radical (unpaired) electrons. The van der Waals surface area contributed by atoms with Crippen LogP contribution in [0.3, 0.4) is 0 Å². The molecule has 4 rings (SSSR count). The average molecular weight is 393 g/mol. The van der Waals surface area contributed by atoms with E-state index in [-0.39, 0.29) is 0 Å². The van der Waals surface area contributed by atoms with Gasteiger partial charge in [0.15, 0.2) is 5.13 Å². The van der Waals surface area contributed by atoms with E-state index in [9.17, 15) is 0 Å². The zero-order valence-corrected chi connectivity index (χ0v) is 17.0. The number of thiazole rings is 1. The Balaban J connectivity index is 1.49. The molecule has 6 heteroatoms. The van der Waals surface area contributed by atoms with Gasteiger partial charge in [0.05, 0.1) is 18.5 Å². The van der Waals surface area contributed by atoms with Crippen molar-refractivity contribution >= 4 is 27.7 Å². The molecule has 0 fully saturated rings. The van der Waals surface area contributed by atoms with Crippen LogP contribution in [0.15, 0.2) is 54.2 Å². The van der Waals surface area contributed by atoms with Crippen molar-refractivity contribution in [2.24, 2.45) is 0 Å². The maximum absolute atomic E-state index is 5.64. The molecule has 144 valence electrons. The summed E-state index contributed by atoms with van der Waals surface area (Å²) in [6.07, 6.45) is 6.92. The molecule has 0 aliphatic carbocycles. The normalized spacial score (nSPS) is 14.6. The number of ether oxygens (including phenoxy) is 1. The maximum atomic E-state index is 5.64. The highest BCUT2D eigenvalue weighted by Crippen LogP contribution is 2.31. The standard InChI is InChI=1S/C22H24N4OS/c1-3-27-21-8-11-23-14-19(21)24-22-25-20(15-28-22)18-6-4-16(5-7-18)17-9-12-26(2)13-10-17/h4-9,11,14-15H,3,10,12-13H2,1-2H3,(H,24,25). The third kappa shape index (κ3) is 4.24. The number of rotatable bonds is 6. The van der Waals surface area contributed by atoms with E-state index < -0.39 is 0 Å². The van der Waals surface area contributed by atoms with Crippen LogP contribution >= 0.6 is 11.3 Å². The summed E-state index contributed by atoms with van der Waals surface area (Å²) in [5, 5.41) is 6.22. The second kappa shape index (κ2) is 8.54. The minimum Gasteiger partial charge on any atom is -0.492 e. The summed E-state index contributed by atoms with van der Waals surface area (Å²) >= 11 is 1.58. The Morgan fingerprint density at radius 2 is 2.00 bits per heavy atom. The number of nitrogens with one attached hydrogen (secondary N) is 1. The topological polar surface area (TPSA) is 50.3 Å². The lowest BCUT2D eigenvalue weighted by Crippen LogP contribution is -2.23. The molecule has 1 aromatic carbocycles. The van der Waals surface area contributed by atoms with Crippen LogP contribution in [0.4, 0.5) is 10.8 Å². The molecule has 0 saturated carbocycles. The molecule has 0 amide bonds. The van der Waals surface area contributed by atoms with Crippen LogP contribution in [0.1, 0.15) is 18.9 Å². The van der Waals surface area contributed by atoms with Crippen LogP contribution in [-0.2, 0) is 0 Å². The Bertz CT molecular complexity index is 965. The van der Waals surface area contributed by atoms with Gasteiger partial charge >= 0.3 is 0 Å². The summed E-state index contributed by atoms with van der Waals surface area (Å²) in [6, 6.07) is 10.6. The van der Waals surface area contributed by atoms with E-state index in [1.165, 1.54) is 11.1 Å². The van der Waals surface area contributed by atoms with Crippen LogP contribution in [0.25, 0.3) is 16.8 Å². The summed E-state index contributed by atoms with van der Waals surface area (Å²) in [6.45, 7) is 4.72. The lowest BCUT2D eigenvalue weighted by atomic mass is 9.98. The van der Waals surface area contributed by atoms with Crippen molar-refractivity contribution in [1.82, 2.24) is 14.9 Å². The molecule has 3 aromatic rings. The minimum atomic E-state index is 0.612. The molecule has 0 saturated heterocycles. The van der Waals surface area contributed by atoms with Crippen LogP contribution in [0, 0.1) is 0 Å².